The number of fused-ring (bicyclic) bond motifs is 1. The van der Waals surface area contributed by atoms with Crippen LogP contribution in [-0.2, 0) is 6.54 Å². The molecule has 0 saturated heterocycles. The highest BCUT2D eigenvalue weighted by molar-refractivity contribution is 5.97. The van der Waals surface area contributed by atoms with E-state index in [0.29, 0.717) is 28.8 Å². The first-order valence-electron chi connectivity index (χ1n) is 12.2. The number of nitrogens with zero attached hydrogens (tertiary/aromatic N) is 1. The van der Waals surface area contributed by atoms with Gasteiger partial charge in [-0.25, -0.2) is 0 Å². The van der Waals surface area contributed by atoms with E-state index in [1.54, 1.807) is 0 Å². The lowest BCUT2D eigenvalue weighted by molar-refractivity contribution is -0.123. The molecule has 1 aliphatic carbocycles. The molecular formula is C27H37N3O4. The third kappa shape index (κ3) is 4.45. The lowest BCUT2D eigenvalue weighted by Gasteiger charge is -2.39. The van der Waals surface area contributed by atoms with Crippen LogP contribution in [0.3, 0.4) is 0 Å². The molecule has 1 amide bonds. The summed E-state index contributed by atoms with van der Waals surface area (Å²) in [5.41, 5.74) is 4.24. The van der Waals surface area contributed by atoms with Crippen molar-refractivity contribution in [2.75, 3.05) is 14.1 Å². The van der Waals surface area contributed by atoms with Gasteiger partial charge in [-0.3, -0.25) is 9.59 Å². The van der Waals surface area contributed by atoms with Gasteiger partial charge >= 0.3 is 0 Å². The molecule has 1 aromatic heterocycles. The molecule has 2 aliphatic rings. The van der Waals surface area contributed by atoms with Crippen LogP contribution in [0.4, 0.5) is 0 Å². The van der Waals surface area contributed by atoms with Crippen molar-refractivity contribution in [3.63, 3.8) is 0 Å². The van der Waals surface area contributed by atoms with E-state index in [0.717, 1.165) is 53.8 Å². The summed E-state index contributed by atoms with van der Waals surface area (Å²) in [5.74, 6) is 0.732. The van der Waals surface area contributed by atoms with Crippen molar-refractivity contribution in [2.24, 2.45) is 5.92 Å². The fraction of sp³-hybridized carbons (Fsp3) is 0.556. The van der Waals surface area contributed by atoms with E-state index in [2.05, 4.69) is 29.3 Å². The molecule has 2 heterocycles. The van der Waals surface area contributed by atoms with Gasteiger partial charge in [0.2, 0.25) is 0 Å². The maximum Gasteiger partial charge on any atom is 0.253 e. The van der Waals surface area contributed by atoms with Crippen LogP contribution in [0.5, 0.6) is 11.5 Å². The number of H-pyrrole nitrogens is 1. The fourth-order valence-electron chi connectivity index (χ4n) is 5.42. The molecule has 7 heteroatoms. The number of ether oxygens (including phenoxy) is 2. The monoisotopic (exact) mass is 467 g/mol. The van der Waals surface area contributed by atoms with Crippen LogP contribution in [-0.4, -0.2) is 41.7 Å². The van der Waals surface area contributed by atoms with Crippen LogP contribution >= 0.6 is 0 Å². The number of aryl methyl sites for hydroxylation is 3. The number of nitrogens with one attached hydrogen (secondary N) is 2. The highest BCUT2D eigenvalue weighted by atomic mass is 16.7. The van der Waals surface area contributed by atoms with Crippen molar-refractivity contribution < 1.29 is 14.3 Å². The molecule has 34 heavy (non-hydrogen) atoms. The Morgan fingerprint density at radius 2 is 1.71 bits per heavy atom. The van der Waals surface area contributed by atoms with Gasteiger partial charge in [-0.2, -0.15) is 0 Å². The van der Waals surface area contributed by atoms with Crippen LogP contribution < -0.4 is 20.3 Å². The number of hydrogen-bond donors (Lipinski definition) is 2. The Bertz CT molecular complexity index is 1160. The number of aromatic amines is 1. The largest absolute Gasteiger partial charge is 0.448 e. The van der Waals surface area contributed by atoms with Crippen molar-refractivity contribution in [3.05, 3.63) is 56.0 Å². The molecule has 0 radical (unpaired) electrons. The summed E-state index contributed by atoms with van der Waals surface area (Å²) in [6.45, 7) is 9.76. The molecule has 1 atom stereocenters. The van der Waals surface area contributed by atoms with Gasteiger partial charge in [0.1, 0.15) is 0 Å². The Labute approximate surface area is 201 Å². The van der Waals surface area contributed by atoms with Gasteiger partial charge in [-0.15, -0.1) is 0 Å². The van der Waals surface area contributed by atoms with Crippen LogP contribution in [0.15, 0.2) is 16.9 Å². The van der Waals surface area contributed by atoms with E-state index in [9.17, 15) is 9.59 Å². The third-order valence-corrected chi connectivity index (χ3v) is 7.61. The van der Waals surface area contributed by atoms with Crippen LogP contribution in [0.25, 0.3) is 0 Å². The number of pyridine rings is 1. The van der Waals surface area contributed by atoms with Gasteiger partial charge in [0, 0.05) is 47.8 Å². The van der Waals surface area contributed by atoms with E-state index < -0.39 is 5.79 Å². The second-order valence-electron chi connectivity index (χ2n) is 10.3. The van der Waals surface area contributed by atoms with E-state index in [1.807, 2.05) is 46.8 Å². The topological polar surface area (TPSA) is 83.7 Å². The van der Waals surface area contributed by atoms with Crippen LogP contribution in [0.1, 0.15) is 70.9 Å². The van der Waals surface area contributed by atoms with Crippen molar-refractivity contribution in [2.45, 2.75) is 78.7 Å². The van der Waals surface area contributed by atoms with Gasteiger partial charge in [-0.05, 0) is 90.7 Å². The maximum absolute atomic E-state index is 13.1. The number of amides is 1. The molecule has 2 aromatic rings. The van der Waals surface area contributed by atoms with E-state index in [4.69, 9.17) is 9.47 Å². The van der Waals surface area contributed by atoms with Crippen molar-refractivity contribution in [1.82, 2.24) is 15.2 Å². The Kier molecular flexibility index (Phi) is 6.51. The highest BCUT2D eigenvalue weighted by Gasteiger charge is 2.47. The summed E-state index contributed by atoms with van der Waals surface area (Å²) in [7, 11) is 4.28. The number of benzene rings is 1. The van der Waals surface area contributed by atoms with Crippen molar-refractivity contribution in [3.8, 4) is 11.5 Å². The predicted molar refractivity (Wildman–Crippen MR) is 133 cm³/mol. The summed E-state index contributed by atoms with van der Waals surface area (Å²) < 4.78 is 12.9. The molecule has 0 bridgehead atoms. The molecule has 4 rings (SSSR count). The van der Waals surface area contributed by atoms with Gasteiger partial charge in [0.05, 0.1) is 0 Å². The second-order valence-corrected chi connectivity index (χ2v) is 10.3. The number of aromatic nitrogens is 1. The van der Waals surface area contributed by atoms with Gasteiger partial charge in [0.15, 0.2) is 11.5 Å². The summed E-state index contributed by atoms with van der Waals surface area (Å²) in [6.07, 6.45) is 4.34. The summed E-state index contributed by atoms with van der Waals surface area (Å²) in [4.78, 5) is 30.5. The smallest absolute Gasteiger partial charge is 0.253 e. The average molecular weight is 468 g/mol. The highest BCUT2D eigenvalue weighted by Crippen LogP contribution is 2.50. The average Bonchev–Trinajstić information content (AvgIpc) is 3.15. The zero-order valence-corrected chi connectivity index (χ0v) is 21.4. The molecule has 1 aliphatic heterocycles. The standard InChI is InChI=1S/C27H37N3O4/c1-15-12-17(3)29-26(32)22(15)14-28-25(31)21-13-16(2)23-24(18(21)4)34-27(5,33-23)19-8-10-20(11-9-19)30(6)7/h12-13,19-20H,8-11,14H2,1-7H3,(H,28,31)(H,29,32)/t19?,20?,27-/m0/s1. The van der Waals surface area contributed by atoms with Crippen molar-refractivity contribution in [1.29, 1.82) is 0 Å². The molecule has 1 aromatic carbocycles. The second kappa shape index (κ2) is 9.10. The number of carbonyl (C=O) groups is 1. The predicted octanol–water partition coefficient (Wildman–Crippen LogP) is 4.15. The Morgan fingerprint density at radius 1 is 1.06 bits per heavy atom. The molecule has 1 fully saturated rings. The minimum absolute atomic E-state index is 0.167. The molecule has 0 unspecified atom stereocenters. The first-order valence-corrected chi connectivity index (χ1v) is 12.2. The first-order chi connectivity index (χ1) is 16.0. The maximum atomic E-state index is 13.1. The molecule has 2 N–H and O–H groups in total. The van der Waals surface area contributed by atoms with Crippen LogP contribution in [0.2, 0.25) is 0 Å². The van der Waals surface area contributed by atoms with Gasteiger partial charge in [-0.1, -0.05) is 0 Å². The Hall–Kier alpha value is -2.80. The summed E-state index contributed by atoms with van der Waals surface area (Å²) >= 11 is 0. The Morgan fingerprint density at radius 3 is 2.32 bits per heavy atom. The fourth-order valence-corrected chi connectivity index (χ4v) is 5.42. The van der Waals surface area contributed by atoms with Crippen LogP contribution in [0, 0.1) is 33.6 Å². The number of rotatable bonds is 5. The first kappa shape index (κ1) is 24.3. The molecule has 1 saturated carbocycles. The number of carbonyl (C=O) groups excluding carboxylic acids is 1. The third-order valence-electron chi connectivity index (χ3n) is 7.61. The zero-order chi connectivity index (χ0) is 24.8. The molecule has 0 spiro atoms. The van der Waals surface area contributed by atoms with Gasteiger partial charge < -0.3 is 24.7 Å². The van der Waals surface area contributed by atoms with E-state index >= 15 is 0 Å². The van der Waals surface area contributed by atoms with Crippen molar-refractivity contribution >= 4 is 5.91 Å². The SMILES string of the molecule is Cc1cc(C)c(CNC(=O)c2cc(C)c3c(c2C)O[C@@](C)(C2CCC(N(C)C)CC2)O3)c(=O)[nH]1. The minimum atomic E-state index is -0.726. The normalized spacial score (nSPS) is 23.9. The number of hydrogen-bond acceptors (Lipinski definition) is 5. The lowest BCUT2D eigenvalue weighted by Crippen LogP contribution is -2.46. The Balaban J connectivity index is 1.52. The minimum Gasteiger partial charge on any atom is -0.448 e. The summed E-state index contributed by atoms with van der Waals surface area (Å²) in [5, 5.41) is 2.92. The molecule has 7 nitrogen and oxygen atoms in total. The van der Waals surface area contributed by atoms with E-state index in [1.165, 1.54) is 0 Å². The lowest BCUT2D eigenvalue weighted by atomic mass is 9.81. The quantitative estimate of drug-likeness (QED) is 0.690. The molecule has 184 valence electrons. The van der Waals surface area contributed by atoms with Gasteiger partial charge in [0.25, 0.3) is 17.3 Å². The zero-order valence-electron chi connectivity index (χ0n) is 21.4. The molecular weight excluding hydrogens is 430 g/mol. The summed E-state index contributed by atoms with van der Waals surface area (Å²) in [6, 6.07) is 4.37. The van der Waals surface area contributed by atoms with E-state index in [-0.39, 0.29) is 18.0 Å².